The van der Waals surface area contributed by atoms with Crippen LogP contribution in [0.25, 0.3) is 0 Å². The zero-order valence-electron chi connectivity index (χ0n) is 18.1. The molecule has 0 spiro atoms. The number of thioether (sulfide) groups is 1. The first-order valence-corrected chi connectivity index (χ1v) is 12.0. The fourth-order valence-corrected chi connectivity index (χ4v) is 5.04. The van der Waals surface area contributed by atoms with Crippen molar-refractivity contribution in [3.63, 3.8) is 0 Å². The minimum absolute atomic E-state index is 0.132. The number of rotatable bonds is 5. The van der Waals surface area contributed by atoms with Crippen molar-refractivity contribution in [1.82, 2.24) is 0 Å². The normalized spacial score (nSPS) is 16.8. The van der Waals surface area contributed by atoms with Crippen LogP contribution in [0.15, 0.2) is 83.4 Å². The number of hydrogen-bond donors (Lipinski definition) is 1. The lowest BCUT2D eigenvalue weighted by atomic mass is 10.1. The minimum atomic E-state index is -0.593. The van der Waals surface area contributed by atoms with Crippen LogP contribution in [-0.4, -0.2) is 17.1 Å². The molecule has 3 aromatic carbocycles. The van der Waals surface area contributed by atoms with E-state index in [-0.39, 0.29) is 11.5 Å². The Morgan fingerprint density at radius 1 is 1.00 bits per heavy atom. The van der Waals surface area contributed by atoms with Crippen LogP contribution >= 0.6 is 35.0 Å². The van der Waals surface area contributed by atoms with Gasteiger partial charge in [-0.15, -0.1) is 0 Å². The molecule has 170 valence electrons. The maximum atomic E-state index is 13.5. The minimum Gasteiger partial charge on any atom is -0.321 e. The maximum absolute atomic E-state index is 13.5. The predicted octanol–water partition coefficient (Wildman–Crippen LogP) is 6.37. The molecular weight excluding hydrogens is 489 g/mol. The van der Waals surface area contributed by atoms with Gasteiger partial charge in [0.15, 0.2) is 0 Å². The highest BCUT2D eigenvalue weighted by Gasteiger charge is 2.40. The van der Waals surface area contributed by atoms with Crippen molar-refractivity contribution < 1.29 is 9.59 Å². The summed E-state index contributed by atoms with van der Waals surface area (Å²) in [4.78, 5) is 28.0. The lowest BCUT2D eigenvalue weighted by Gasteiger charge is -2.19. The summed E-state index contributed by atoms with van der Waals surface area (Å²) in [5.41, 5.74) is 2.93. The Bertz CT molecular complexity index is 1300. The van der Waals surface area contributed by atoms with Crippen LogP contribution in [0.2, 0.25) is 10.0 Å². The van der Waals surface area contributed by atoms with Gasteiger partial charge in [-0.05, 0) is 67.4 Å². The molecule has 5 nitrogen and oxygen atoms in total. The number of hydrogen-bond acceptors (Lipinski definition) is 4. The summed E-state index contributed by atoms with van der Waals surface area (Å²) in [6.07, 6.45) is 0.435. The number of nitrogens with zero attached hydrogens (tertiary/aromatic N) is 2. The first-order chi connectivity index (χ1) is 16.4. The summed E-state index contributed by atoms with van der Waals surface area (Å²) >= 11 is 13.1. The van der Waals surface area contributed by atoms with Crippen LogP contribution in [0.4, 0.5) is 11.4 Å². The molecular formula is C26H19Cl2N3O2S. The highest BCUT2D eigenvalue weighted by Crippen LogP contribution is 2.42. The van der Waals surface area contributed by atoms with Gasteiger partial charge in [-0.2, -0.15) is 5.26 Å². The molecule has 0 aromatic heterocycles. The van der Waals surface area contributed by atoms with Crippen LogP contribution < -0.4 is 10.2 Å². The lowest BCUT2D eigenvalue weighted by Crippen LogP contribution is -2.30. The molecule has 0 unspecified atom stereocenters. The van der Waals surface area contributed by atoms with Gasteiger partial charge < -0.3 is 5.32 Å². The highest BCUT2D eigenvalue weighted by molar-refractivity contribution is 8.05. The van der Waals surface area contributed by atoms with Crippen LogP contribution in [0.5, 0.6) is 0 Å². The second-order valence-corrected chi connectivity index (χ2v) is 9.76. The van der Waals surface area contributed by atoms with E-state index in [1.165, 1.54) is 16.7 Å². The molecule has 3 aromatic rings. The average Bonchev–Trinajstić information content (AvgIpc) is 3.13. The third kappa shape index (κ3) is 5.28. The lowest BCUT2D eigenvalue weighted by molar-refractivity contribution is -0.117. The van der Waals surface area contributed by atoms with Crippen molar-refractivity contribution in [2.75, 3.05) is 10.2 Å². The molecule has 1 saturated heterocycles. The molecule has 2 amide bonds. The Labute approximate surface area is 212 Å². The molecule has 1 aliphatic rings. The topological polar surface area (TPSA) is 73.2 Å². The van der Waals surface area contributed by atoms with Gasteiger partial charge >= 0.3 is 0 Å². The van der Waals surface area contributed by atoms with E-state index in [1.54, 1.807) is 36.4 Å². The van der Waals surface area contributed by atoms with E-state index in [2.05, 4.69) is 5.32 Å². The Kier molecular flexibility index (Phi) is 7.28. The van der Waals surface area contributed by atoms with Crippen LogP contribution in [-0.2, 0) is 16.0 Å². The Morgan fingerprint density at radius 3 is 2.18 bits per heavy atom. The molecule has 0 saturated carbocycles. The summed E-state index contributed by atoms with van der Waals surface area (Å²) in [5, 5.41) is 13.6. The molecule has 1 heterocycles. The van der Waals surface area contributed by atoms with Gasteiger partial charge in [-0.25, -0.2) is 0 Å². The molecule has 0 aliphatic carbocycles. The number of nitriles is 1. The standard InChI is InChI=1S/C26H19Cl2N3O2S/c1-16-2-12-21(13-3-16)31-25(33)23(14-17-4-6-18(27)7-5-17)34-26(31)22(15-29)24(32)30-20-10-8-19(28)9-11-20/h2-13,23H,14H2,1H3,(H,30,32)/b26-22+/t23-/m0/s1. The molecule has 34 heavy (non-hydrogen) atoms. The van der Waals surface area contributed by atoms with Crippen LogP contribution in [0, 0.1) is 18.3 Å². The zero-order chi connectivity index (χ0) is 24.2. The summed E-state index contributed by atoms with van der Waals surface area (Å²) in [6, 6.07) is 23.3. The monoisotopic (exact) mass is 507 g/mol. The van der Waals surface area contributed by atoms with Crippen molar-refractivity contribution in [3.05, 3.63) is 105 Å². The summed E-state index contributed by atoms with van der Waals surface area (Å²) in [6.45, 7) is 1.95. The van der Waals surface area contributed by atoms with E-state index in [4.69, 9.17) is 23.2 Å². The van der Waals surface area contributed by atoms with Crippen molar-refractivity contribution in [2.24, 2.45) is 0 Å². The third-order valence-corrected chi connectivity index (χ3v) is 7.00. The Balaban J connectivity index is 1.71. The number of amides is 2. The third-order valence-electron chi connectivity index (χ3n) is 5.23. The number of nitrogens with one attached hydrogen (secondary N) is 1. The smallest absolute Gasteiger partial charge is 0.269 e. The molecule has 1 fully saturated rings. The number of aryl methyl sites for hydroxylation is 1. The van der Waals surface area contributed by atoms with Gasteiger partial charge in [0.25, 0.3) is 5.91 Å². The van der Waals surface area contributed by atoms with Gasteiger partial charge in [0.1, 0.15) is 16.7 Å². The first kappa shape index (κ1) is 23.9. The fourth-order valence-electron chi connectivity index (χ4n) is 3.48. The fraction of sp³-hybridized carbons (Fsp3) is 0.115. The van der Waals surface area contributed by atoms with Gasteiger partial charge in [-0.1, -0.05) is 64.8 Å². The highest BCUT2D eigenvalue weighted by atomic mass is 35.5. The predicted molar refractivity (Wildman–Crippen MR) is 138 cm³/mol. The maximum Gasteiger partial charge on any atom is 0.269 e. The molecule has 1 aliphatic heterocycles. The number of carbonyl (C=O) groups excluding carboxylic acids is 2. The van der Waals surface area contributed by atoms with Gasteiger partial charge in [0.05, 0.1) is 5.25 Å². The molecule has 4 rings (SSSR count). The average molecular weight is 508 g/mol. The van der Waals surface area contributed by atoms with Crippen molar-refractivity contribution >= 4 is 58.2 Å². The van der Waals surface area contributed by atoms with E-state index in [9.17, 15) is 14.9 Å². The number of carbonyl (C=O) groups is 2. The largest absolute Gasteiger partial charge is 0.321 e. The Morgan fingerprint density at radius 2 is 1.59 bits per heavy atom. The number of benzene rings is 3. The van der Waals surface area contributed by atoms with Gasteiger partial charge in [-0.3, -0.25) is 14.5 Å². The van der Waals surface area contributed by atoms with Crippen molar-refractivity contribution in [3.8, 4) is 6.07 Å². The summed E-state index contributed by atoms with van der Waals surface area (Å²) in [5.74, 6) is -0.782. The second kappa shape index (κ2) is 10.4. The van der Waals surface area contributed by atoms with Gasteiger partial charge in [0, 0.05) is 21.4 Å². The second-order valence-electron chi connectivity index (χ2n) is 7.70. The number of anilines is 2. The van der Waals surface area contributed by atoms with E-state index < -0.39 is 11.2 Å². The molecule has 0 radical (unpaired) electrons. The molecule has 0 bridgehead atoms. The molecule has 1 atom stereocenters. The van der Waals surface area contributed by atoms with Crippen LogP contribution in [0.3, 0.4) is 0 Å². The molecule has 8 heteroatoms. The number of halogens is 2. The SMILES string of the molecule is Cc1ccc(N2C(=O)[C@H](Cc3ccc(Cl)cc3)S/C2=C(\C#N)C(=O)Nc2ccc(Cl)cc2)cc1. The van der Waals surface area contributed by atoms with E-state index in [0.29, 0.717) is 32.9 Å². The molecule has 1 N–H and O–H groups in total. The summed E-state index contributed by atoms with van der Waals surface area (Å²) in [7, 11) is 0. The quantitative estimate of drug-likeness (QED) is 0.321. The zero-order valence-corrected chi connectivity index (χ0v) is 20.4. The van der Waals surface area contributed by atoms with E-state index >= 15 is 0 Å². The van der Waals surface area contributed by atoms with E-state index in [1.807, 2.05) is 49.4 Å². The van der Waals surface area contributed by atoms with E-state index in [0.717, 1.165) is 11.1 Å². The van der Waals surface area contributed by atoms with Crippen molar-refractivity contribution in [2.45, 2.75) is 18.6 Å². The first-order valence-electron chi connectivity index (χ1n) is 10.4. The summed E-state index contributed by atoms with van der Waals surface area (Å²) < 4.78 is 0. The van der Waals surface area contributed by atoms with Crippen LogP contribution in [0.1, 0.15) is 11.1 Å². The van der Waals surface area contributed by atoms with Crippen molar-refractivity contribution in [1.29, 1.82) is 5.26 Å². The Hall–Kier alpha value is -3.24. The van der Waals surface area contributed by atoms with Gasteiger partial charge in [0.2, 0.25) is 5.91 Å².